The minimum absolute atomic E-state index is 0.138. The summed E-state index contributed by atoms with van der Waals surface area (Å²) in [5.74, 6) is 0.905. The van der Waals surface area contributed by atoms with Gasteiger partial charge in [-0.1, -0.05) is 17.7 Å². The molecule has 0 amide bonds. The maximum atomic E-state index is 12.7. The number of ether oxygens (including phenoxy) is 3. The number of alkyl halides is 2. The van der Waals surface area contributed by atoms with Crippen molar-refractivity contribution in [2.75, 3.05) is 13.3 Å². The number of halogens is 3. The molecular weight excluding hydrogens is 476 g/mol. The van der Waals surface area contributed by atoms with Gasteiger partial charge in [0.25, 0.3) is 0 Å². The van der Waals surface area contributed by atoms with Crippen molar-refractivity contribution in [1.82, 2.24) is 4.57 Å². The van der Waals surface area contributed by atoms with Gasteiger partial charge in [-0.3, -0.25) is 4.79 Å². The van der Waals surface area contributed by atoms with Gasteiger partial charge in [-0.15, -0.1) is 0 Å². The second-order valence-corrected chi connectivity index (χ2v) is 10.2. The number of carbonyl (C=O) groups is 1. The number of benzene rings is 2. The maximum Gasteiger partial charge on any atom is 0.306 e. The van der Waals surface area contributed by atoms with Crippen molar-refractivity contribution in [1.29, 1.82) is 0 Å². The van der Waals surface area contributed by atoms with Gasteiger partial charge in [-0.05, 0) is 69.2 Å². The van der Waals surface area contributed by atoms with Crippen LogP contribution in [0.4, 0.5) is 8.78 Å². The zero-order chi connectivity index (χ0) is 25.2. The molecule has 0 N–H and O–H groups in total. The van der Waals surface area contributed by atoms with Gasteiger partial charge in [0, 0.05) is 29.1 Å². The summed E-state index contributed by atoms with van der Waals surface area (Å²) in [5, 5.41) is 1.32. The Balaban J connectivity index is 1.42. The quantitative estimate of drug-likeness (QED) is 0.301. The molecule has 1 aromatic heterocycles. The van der Waals surface area contributed by atoms with E-state index in [1.54, 1.807) is 18.2 Å². The van der Waals surface area contributed by atoms with E-state index in [0.29, 0.717) is 12.2 Å². The van der Waals surface area contributed by atoms with Gasteiger partial charge in [0.2, 0.25) is 0 Å². The van der Waals surface area contributed by atoms with Crippen LogP contribution < -0.4 is 9.47 Å². The SMILES string of the molecule is CC(C)(C)OC(=O)CC1CCn2c1cc1cc(OCc3ccc(OC(CF)CF)c(Cl)c3)ccc12. The first-order valence-corrected chi connectivity index (χ1v) is 12.1. The number of rotatable bonds is 9. The Morgan fingerprint density at radius 2 is 1.91 bits per heavy atom. The standard InChI is InChI=1S/C27H30ClF2NO4/c1-27(2,3)35-26(32)13-18-8-9-31-23-6-5-20(11-19(23)12-24(18)31)33-16-17-4-7-25(22(28)10-17)34-21(14-29)15-30/h4-7,10-12,18,21H,8-9,13-16H2,1-3H3. The van der Waals surface area contributed by atoms with Crippen LogP contribution in [0, 0.1) is 0 Å². The van der Waals surface area contributed by atoms with Crippen LogP contribution in [0.3, 0.4) is 0 Å². The molecular formula is C27H30ClF2NO4. The van der Waals surface area contributed by atoms with E-state index in [1.165, 1.54) is 0 Å². The lowest BCUT2D eigenvalue weighted by atomic mass is 10.00. The fourth-order valence-electron chi connectivity index (χ4n) is 4.35. The van der Waals surface area contributed by atoms with E-state index in [2.05, 4.69) is 10.6 Å². The third-order valence-corrected chi connectivity index (χ3v) is 6.19. The van der Waals surface area contributed by atoms with Gasteiger partial charge in [0.1, 0.15) is 37.1 Å². The number of aromatic nitrogens is 1. The van der Waals surface area contributed by atoms with E-state index in [-0.39, 0.29) is 29.3 Å². The van der Waals surface area contributed by atoms with Gasteiger partial charge in [0.05, 0.1) is 11.4 Å². The molecule has 8 heteroatoms. The minimum atomic E-state index is -1.16. The molecule has 0 aliphatic carbocycles. The molecule has 1 aliphatic rings. The van der Waals surface area contributed by atoms with Gasteiger partial charge < -0.3 is 18.8 Å². The smallest absolute Gasteiger partial charge is 0.306 e. The summed E-state index contributed by atoms with van der Waals surface area (Å²) < 4.78 is 44.4. The lowest BCUT2D eigenvalue weighted by Crippen LogP contribution is -2.24. The summed E-state index contributed by atoms with van der Waals surface area (Å²) in [6.45, 7) is 4.92. The molecule has 5 nitrogen and oxygen atoms in total. The van der Waals surface area contributed by atoms with E-state index < -0.39 is 25.1 Å². The second kappa shape index (κ2) is 10.4. The zero-order valence-electron chi connectivity index (χ0n) is 20.2. The van der Waals surface area contributed by atoms with Crippen LogP contribution in [-0.2, 0) is 22.7 Å². The molecule has 2 aromatic carbocycles. The van der Waals surface area contributed by atoms with Crippen molar-refractivity contribution < 1.29 is 27.8 Å². The zero-order valence-corrected chi connectivity index (χ0v) is 20.9. The Hall–Kier alpha value is -2.80. The van der Waals surface area contributed by atoms with E-state index in [1.807, 2.05) is 39.0 Å². The molecule has 35 heavy (non-hydrogen) atoms. The lowest BCUT2D eigenvalue weighted by Gasteiger charge is -2.20. The first-order valence-electron chi connectivity index (χ1n) is 11.7. The van der Waals surface area contributed by atoms with Crippen LogP contribution in [0.25, 0.3) is 10.9 Å². The molecule has 0 saturated carbocycles. The summed E-state index contributed by atoms with van der Waals surface area (Å²) in [4.78, 5) is 12.3. The Labute approximate surface area is 208 Å². The molecule has 3 aromatic rings. The van der Waals surface area contributed by atoms with Crippen LogP contribution in [0.15, 0.2) is 42.5 Å². The predicted octanol–water partition coefficient (Wildman–Crippen LogP) is 6.78. The van der Waals surface area contributed by atoms with Crippen LogP contribution in [0.1, 0.15) is 50.8 Å². The van der Waals surface area contributed by atoms with Crippen molar-refractivity contribution in [3.8, 4) is 11.5 Å². The number of esters is 1. The summed E-state index contributed by atoms with van der Waals surface area (Å²) in [6.07, 6.45) is 0.129. The van der Waals surface area contributed by atoms with Crippen molar-refractivity contribution in [2.24, 2.45) is 0 Å². The molecule has 2 heterocycles. The van der Waals surface area contributed by atoms with Crippen LogP contribution in [0.2, 0.25) is 5.02 Å². The number of hydrogen-bond donors (Lipinski definition) is 0. The van der Waals surface area contributed by atoms with Crippen LogP contribution in [0.5, 0.6) is 11.5 Å². The maximum absolute atomic E-state index is 12.7. The van der Waals surface area contributed by atoms with Gasteiger partial charge >= 0.3 is 5.97 Å². The highest BCUT2D eigenvalue weighted by atomic mass is 35.5. The number of hydrogen-bond acceptors (Lipinski definition) is 4. The molecule has 0 bridgehead atoms. The Morgan fingerprint density at radius 1 is 1.14 bits per heavy atom. The average molecular weight is 506 g/mol. The summed E-state index contributed by atoms with van der Waals surface area (Å²) in [7, 11) is 0. The molecule has 0 fully saturated rings. The van der Waals surface area contributed by atoms with E-state index in [4.69, 9.17) is 25.8 Å². The predicted molar refractivity (Wildman–Crippen MR) is 132 cm³/mol. The van der Waals surface area contributed by atoms with Crippen molar-refractivity contribution in [3.63, 3.8) is 0 Å². The molecule has 0 spiro atoms. The third-order valence-electron chi connectivity index (χ3n) is 5.90. The first kappa shape index (κ1) is 25.3. The van der Waals surface area contributed by atoms with Crippen LogP contribution in [-0.4, -0.2) is 35.6 Å². The molecule has 1 aliphatic heterocycles. The van der Waals surface area contributed by atoms with Crippen LogP contribution >= 0.6 is 11.6 Å². The summed E-state index contributed by atoms with van der Waals surface area (Å²) in [5.41, 5.74) is 2.57. The Morgan fingerprint density at radius 3 is 2.60 bits per heavy atom. The van der Waals surface area contributed by atoms with Crippen molar-refractivity contribution in [3.05, 3.63) is 58.7 Å². The van der Waals surface area contributed by atoms with Gasteiger partial charge in [-0.25, -0.2) is 8.78 Å². The molecule has 0 saturated heterocycles. The van der Waals surface area contributed by atoms with Crippen molar-refractivity contribution in [2.45, 2.75) is 64.4 Å². The summed E-state index contributed by atoms with van der Waals surface area (Å²) >= 11 is 6.21. The molecule has 1 atom stereocenters. The third kappa shape index (κ3) is 6.07. The average Bonchev–Trinajstić information content (AvgIpc) is 3.35. The van der Waals surface area contributed by atoms with E-state index >= 15 is 0 Å². The lowest BCUT2D eigenvalue weighted by molar-refractivity contribution is -0.155. The largest absolute Gasteiger partial charge is 0.489 e. The number of aryl methyl sites for hydroxylation is 1. The number of fused-ring (bicyclic) bond motifs is 3. The summed E-state index contributed by atoms with van der Waals surface area (Å²) in [6, 6.07) is 13.1. The Kier molecular flexibility index (Phi) is 7.55. The fraction of sp³-hybridized carbons (Fsp3) is 0.444. The van der Waals surface area contributed by atoms with Gasteiger partial charge in [0.15, 0.2) is 6.10 Å². The second-order valence-electron chi connectivity index (χ2n) is 9.82. The topological polar surface area (TPSA) is 49.7 Å². The highest BCUT2D eigenvalue weighted by Gasteiger charge is 2.29. The monoisotopic (exact) mass is 505 g/mol. The molecule has 4 rings (SSSR count). The van der Waals surface area contributed by atoms with E-state index in [9.17, 15) is 13.6 Å². The normalized spacial score (nSPS) is 15.5. The van der Waals surface area contributed by atoms with E-state index in [0.717, 1.165) is 35.1 Å². The van der Waals surface area contributed by atoms with Gasteiger partial charge in [-0.2, -0.15) is 0 Å². The molecule has 1 unspecified atom stereocenters. The highest BCUT2D eigenvalue weighted by molar-refractivity contribution is 6.32. The number of nitrogens with zero attached hydrogens (tertiary/aromatic N) is 1. The number of carbonyl (C=O) groups excluding carboxylic acids is 1. The highest BCUT2D eigenvalue weighted by Crippen LogP contribution is 2.38. The molecule has 188 valence electrons. The minimum Gasteiger partial charge on any atom is -0.489 e. The fourth-order valence-corrected chi connectivity index (χ4v) is 4.60. The van der Waals surface area contributed by atoms with Crippen molar-refractivity contribution >= 4 is 28.5 Å². The first-order chi connectivity index (χ1) is 16.7. The molecule has 0 radical (unpaired) electrons. The Bertz CT molecular complexity index is 1200.